The number of aromatic nitrogens is 3. The Labute approximate surface area is 221 Å². The number of carbonyl (C=O) groups is 1. The minimum atomic E-state index is -0.697. The SMILES string of the molecule is CC(C)N1C(=O)CN(C)c2c(F)cc(-c3nc(Nc4ccc(CN5CCN(C)CC5)cn4)ncc3F)cc21. The Morgan fingerprint density at radius 2 is 1.76 bits per heavy atom. The quantitative estimate of drug-likeness (QED) is 0.527. The average Bonchev–Trinajstić information content (AvgIpc) is 2.87. The second-order valence-corrected chi connectivity index (χ2v) is 10.2. The number of piperazine rings is 1. The topological polar surface area (TPSA) is 80.7 Å². The van der Waals surface area contributed by atoms with Crippen molar-refractivity contribution in [3.8, 4) is 11.3 Å². The average molecular weight is 523 g/mol. The molecule has 0 aliphatic carbocycles. The van der Waals surface area contributed by atoms with Crippen molar-refractivity contribution in [2.24, 2.45) is 0 Å². The van der Waals surface area contributed by atoms with Crippen LogP contribution in [-0.2, 0) is 11.3 Å². The van der Waals surface area contributed by atoms with E-state index in [4.69, 9.17) is 0 Å². The molecule has 38 heavy (non-hydrogen) atoms. The first-order valence-electron chi connectivity index (χ1n) is 12.7. The van der Waals surface area contributed by atoms with Crippen LogP contribution in [0.5, 0.6) is 0 Å². The fourth-order valence-corrected chi connectivity index (χ4v) is 4.94. The normalized spacial score (nSPS) is 16.8. The van der Waals surface area contributed by atoms with Crippen molar-refractivity contribution in [2.75, 3.05) is 61.9 Å². The smallest absolute Gasteiger partial charge is 0.246 e. The van der Waals surface area contributed by atoms with E-state index < -0.39 is 11.6 Å². The maximum Gasteiger partial charge on any atom is 0.246 e. The molecule has 2 aliphatic heterocycles. The van der Waals surface area contributed by atoms with Crippen LogP contribution >= 0.6 is 0 Å². The number of hydrogen-bond acceptors (Lipinski definition) is 8. The predicted octanol–water partition coefficient (Wildman–Crippen LogP) is 3.50. The molecule has 2 aliphatic rings. The number of carbonyl (C=O) groups excluding carboxylic acids is 1. The molecule has 0 bridgehead atoms. The molecule has 1 fully saturated rings. The van der Waals surface area contributed by atoms with Gasteiger partial charge in [-0.3, -0.25) is 9.69 Å². The Kier molecular flexibility index (Phi) is 7.22. The number of nitrogens with zero attached hydrogens (tertiary/aromatic N) is 7. The first-order valence-corrected chi connectivity index (χ1v) is 12.7. The number of benzene rings is 1. The van der Waals surface area contributed by atoms with E-state index in [-0.39, 0.29) is 35.7 Å². The molecule has 5 rings (SSSR count). The molecule has 2 aromatic heterocycles. The second kappa shape index (κ2) is 10.6. The lowest BCUT2D eigenvalue weighted by atomic mass is 10.0. The maximum absolute atomic E-state index is 15.3. The number of halogens is 2. The molecule has 0 unspecified atom stereocenters. The van der Waals surface area contributed by atoms with E-state index in [2.05, 4.69) is 37.1 Å². The molecule has 1 saturated heterocycles. The first kappa shape index (κ1) is 25.9. The molecular weight excluding hydrogens is 490 g/mol. The molecule has 1 amide bonds. The van der Waals surface area contributed by atoms with Gasteiger partial charge in [0.2, 0.25) is 11.9 Å². The van der Waals surface area contributed by atoms with Crippen LogP contribution in [0, 0.1) is 11.6 Å². The van der Waals surface area contributed by atoms with Crippen LogP contribution in [0.1, 0.15) is 19.4 Å². The van der Waals surface area contributed by atoms with E-state index in [1.807, 2.05) is 26.0 Å². The summed E-state index contributed by atoms with van der Waals surface area (Å²) in [4.78, 5) is 33.3. The highest BCUT2D eigenvalue weighted by molar-refractivity contribution is 6.04. The summed E-state index contributed by atoms with van der Waals surface area (Å²) in [7, 11) is 3.79. The van der Waals surface area contributed by atoms with Crippen LogP contribution in [0.15, 0.2) is 36.7 Å². The lowest BCUT2D eigenvalue weighted by Crippen LogP contribution is -2.47. The lowest BCUT2D eigenvalue weighted by molar-refractivity contribution is -0.117. The summed E-state index contributed by atoms with van der Waals surface area (Å²) in [5, 5.41) is 3.01. The third-order valence-electron chi connectivity index (χ3n) is 6.93. The van der Waals surface area contributed by atoms with Gasteiger partial charge in [0.1, 0.15) is 17.3 Å². The fourth-order valence-electron chi connectivity index (χ4n) is 4.94. The van der Waals surface area contributed by atoms with Crippen molar-refractivity contribution in [3.05, 3.63) is 53.9 Å². The largest absolute Gasteiger partial charge is 0.361 e. The molecular formula is C27H32F2N8O. The number of rotatable bonds is 6. The van der Waals surface area contributed by atoms with Gasteiger partial charge in [-0.05, 0) is 44.7 Å². The number of anilines is 4. The molecule has 0 spiro atoms. The van der Waals surface area contributed by atoms with Crippen LogP contribution in [0.25, 0.3) is 11.3 Å². The van der Waals surface area contributed by atoms with E-state index >= 15 is 4.39 Å². The number of fused-ring (bicyclic) bond motifs is 1. The van der Waals surface area contributed by atoms with Crippen LogP contribution < -0.4 is 15.1 Å². The Morgan fingerprint density at radius 1 is 1.00 bits per heavy atom. The molecule has 4 heterocycles. The summed E-state index contributed by atoms with van der Waals surface area (Å²) in [5.74, 6) is -0.758. The van der Waals surface area contributed by atoms with Gasteiger partial charge < -0.3 is 20.0 Å². The van der Waals surface area contributed by atoms with Crippen molar-refractivity contribution >= 4 is 29.0 Å². The lowest BCUT2D eigenvalue weighted by Gasteiger charge is -2.38. The third-order valence-corrected chi connectivity index (χ3v) is 6.93. The number of pyridine rings is 1. The standard InChI is InChI=1S/C27H32F2N8O/c1-17(2)37-22-12-19(11-20(28)26(22)35(4)16-24(37)38)25-21(29)14-31-27(33-25)32-23-6-5-18(13-30-23)15-36-9-7-34(3)8-10-36/h5-6,11-14,17H,7-10,15-16H2,1-4H3,(H,30,31,32,33). The number of likely N-dealkylation sites (N-methyl/N-ethyl adjacent to an activating group) is 2. The maximum atomic E-state index is 15.3. The van der Waals surface area contributed by atoms with Gasteiger partial charge in [0.15, 0.2) is 5.82 Å². The highest BCUT2D eigenvalue weighted by Crippen LogP contribution is 2.40. The van der Waals surface area contributed by atoms with Crippen molar-refractivity contribution in [3.63, 3.8) is 0 Å². The Morgan fingerprint density at radius 3 is 2.45 bits per heavy atom. The van der Waals surface area contributed by atoms with Crippen molar-refractivity contribution < 1.29 is 13.6 Å². The van der Waals surface area contributed by atoms with Crippen LogP contribution in [0.2, 0.25) is 0 Å². The molecule has 11 heteroatoms. The number of amides is 1. The molecule has 1 N–H and O–H groups in total. The number of nitrogens with one attached hydrogen (secondary N) is 1. The van der Waals surface area contributed by atoms with Crippen LogP contribution in [0.3, 0.4) is 0 Å². The summed E-state index contributed by atoms with van der Waals surface area (Å²) in [6, 6.07) is 6.47. The van der Waals surface area contributed by atoms with Gasteiger partial charge in [-0.1, -0.05) is 6.07 Å². The molecule has 0 atom stereocenters. The third kappa shape index (κ3) is 5.30. The van der Waals surface area contributed by atoms with Crippen molar-refractivity contribution in [2.45, 2.75) is 26.4 Å². The summed E-state index contributed by atoms with van der Waals surface area (Å²) in [6.07, 6.45) is 2.85. The van der Waals surface area contributed by atoms with E-state index in [9.17, 15) is 9.18 Å². The highest BCUT2D eigenvalue weighted by atomic mass is 19.1. The van der Waals surface area contributed by atoms with Gasteiger partial charge in [-0.25, -0.2) is 23.7 Å². The summed E-state index contributed by atoms with van der Waals surface area (Å²) in [5.41, 5.74) is 1.93. The first-order chi connectivity index (χ1) is 18.2. The van der Waals surface area contributed by atoms with Crippen LogP contribution in [-0.4, -0.2) is 83.5 Å². The van der Waals surface area contributed by atoms with Crippen molar-refractivity contribution in [1.82, 2.24) is 24.8 Å². The van der Waals surface area contributed by atoms with Gasteiger partial charge in [-0.2, -0.15) is 0 Å². The summed E-state index contributed by atoms with van der Waals surface area (Å²) >= 11 is 0. The minimum Gasteiger partial charge on any atom is -0.361 e. The molecule has 1 aromatic carbocycles. The van der Waals surface area contributed by atoms with E-state index in [1.165, 1.54) is 11.0 Å². The molecule has 3 aromatic rings. The molecule has 0 saturated carbocycles. The molecule has 200 valence electrons. The zero-order chi connectivity index (χ0) is 27.0. The second-order valence-electron chi connectivity index (χ2n) is 10.2. The summed E-state index contributed by atoms with van der Waals surface area (Å²) < 4.78 is 30.1. The van der Waals surface area contributed by atoms with Gasteiger partial charge in [0, 0.05) is 57.6 Å². The Hall–Kier alpha value is -3.70. The summed E-state index contributed by atoms with van der Waals surface area (Å²) in [6.45, 7) is 8.74. The van der Waals surface area contributed by atoms with Gasteiger partial charge in [-0.15, -0.1) is 0 Å². The van der Waals surface area contributed by atoms with E-state index in [0.717, 1.165) is 44.5 Å². The fraction of sp³-hybridized carbons (Fsp3) is 0.407. The van der Waals surface area contributed by atoms with Crippen LogP contribution in [0.4, 0.5) is 31.9 Å². The van der Waals surface area contributed by atoms with Gasteiger partial charge >= 0.3 is 0 Å². The van der Waals surface area contributed by atoms with E-state index in [0.29, 0.717) is 17.2 Å². The van der Waals surface area contributed by atoms with E-state index in [1.54, 1.807) is 24.2 Å². The molecule has 9 nitrogen and oxygen atoms in total. The minimum absolute atomic E-state index is 0.0680. The highest BCUT2D eigenvalue weighted by Gasteiger charge is 2.32. The monoisotopic (exact) mass is 522 g/mol. The van der Waals surface area contributed by atoms with Crippen molar-refractivity contribution in [1.29, 1.82) is 0 Å². The Balaban J connectivity index is 1.38. The zero-order valence-corrected chi connectivity index (χ0v) is 22.1. The predicted molar refractivity (Wildman–Crippen MR) is 144 cm³/mol. The number of hydrogen-bond donors (Lipinski definition) is 1. The Bertz CT molecular complexity index is 1330. The van der Waals surface area contributed by atoms with Gasteiger partial charge in [0.05, 0.1) is 24.1 Å². The molecule has 0 radical (unpaired) electrons. The van der Waals surface area contributed by atoms with Gasteiger partial charge in [0.25, 0.3) is 0 Å². The zero-order valence-electron chi connectivity index (χ0n) is 22.1.